The van der Waals surface area contributed by atoms with Gasteiger partial charge in [-0.1, -0.05) is 12.5 Å². The van der Waals surface area contributed by atoms with Crippen molar-refractivity contribution in [3.05, 3.63) is 34.1 Å². The van der Waals surface area contributed by atoms with Crippen molar-refractivity contribution in [3.63, 3.8) is 0 Å². The van der Waals surface area contributed by atoms with Gasteiger partial charge in [-0.2, -0.15) is 0 Å². The Morgan fingerprint density at radius 2 is 1.94 bits per heavy atom. The van der Waals surface area contributed by atoms with Gasteiger partial charge in [-0.25, -0.2) is 4.39 Å². The first-order chi connectivity index (χ1) is 7.75. The second-order valence-electron chi connectivity index (χ2n) is 4.40. The minimum Gasteiger partial charge on any atom is -0.303 e. The second kappa shape index (κ2) is 5.78. The highest BCUT2D eigenvalue weighted by atomic mass is 79.9. The Morgan fingerprint density at radius 3 is 2.62 bits per heavy atom. The average Bonchev–Trinajstić information content (AvgIpc) is 2.32. The summed E-state index contributed by atoms with van der Waals surface area (Å²) in [6, 6.07) is 5.30. The molecule has 1 aromatic rings. The molecule has 2 rings (SSSR count). The fraction of sp³-hybridized carbons (Fsp3) is 0.538. The van der Waals surface area contributed by atoms with E-state index in [4.69, 9.17) is 0 Å². The van der Waals surface area contributed by atoms with E-state index in [-0.39, 0.29) is 5.82 Å². The highest BCUT2D eigenvalue weighted by Crippen LogP contribution is 2.17. The zero-order valence-electron chi connectivity index (χ0n) is 9.38. The van der Waals surface area contributed by atoms with Gasteiger partial charge in [0.1, 0.15) is 5.82 Å². The number of benzene rings is 1. The van der Waals surface area contributed by atoms with Gasteiger partial charge in [-0.3, -0.25) is 0 Å². The largest absolute Gasteiger partial charge is 0.303 e. The van der Waals surface area contributed by atoms with E-state index in [9.17, 15) is 4.39 Å². The maximum Gasteiger partial charge on any atom is 0.137 e. The molecule has 1 heterocycles. The number of piperidine rings is 1. The van der Waals surface area contributed by atoms with Gasteiger partial charge in [-0.05, 0) is 66.0 Å². The fourth-order valence-electron chi connectivity index (χ4n) is 2.17. The lowest BCUT2D eigenvalue weighted by Crippen LogP contribution is -2.31. The van der Waals surface area contributed by atoms with Gasteiger partial charge in [-0.15, -0.1) is 0 Å². The van der Waals surface area contributed by atoms with Crippen molar-refractivity contribution in [1.29, 1.82) is 0 Å². The third kappa shape index (κ3) is 3.29. The van der Waals surface area contributed by atoms with Crippen LogP contribution in [0.2, 0.25) is 0 Å². The van der Waals surface area contributed by atoms with Gasteiger partial charge >= 0.3 is 0 Å². The van der Waals surface area contributed by atoms with E-state index in [0.717, 1.165) is 13.0 Å². The molecule has 0 unspecified atom stereocenters. The smallest absolute Gasteiger partial charge is 0.137 e. The van der Waals surface area contributed by atoms with E-state index < -0.39 is 0 Å². The van der Waals surface area contributed by atoms with Gasteiger partial charge < -0.3 is 4.90 Å². The molecule has 0 saturated carbocycles. The number of hydrogen-bond donors (Lipinski definition) is 0. The molecule has 0 bridgehead atoms. The van der Waals surface area contributed by atoms with Crippen LogP contribution in [0.25, 0.3) is 0 Å². The van der Waals surface area contributed by atoms with Crippen molar-refractivity contribution in [3.8, 4) is 0 Å². The minimum atomic E-state index is -0.179. The maximum absolute atomic E-state index is 13.0. The van der Waals surface area contributed by atoms with Gasteiger partial charge in [0.2, 0.25) is 0 Å². The molecule has 1 fully saturated rings. The van der Waals surface area contributed by atoms with Crippen molar-refractivity contribution in [1.82, 2.24) is 4.90 Å². The molecule has 0 amide bonds. The summed E-state index contributed by atoms with van der Waals surface area (Å²) in [4.78, 5) is 2.50. The van der Waals surface area contributed by atoms with Crippen LogP contribution in [0.1, 0.15) is 24.8 Å². The van der Waals surface area contributed by atoms with Crippen molar-refractivity contribution in [2.24, 2.45) is 0 Å². The van der Waals surface area contributed by atoms with Gasteiger partial charge in [0.05, 0.1) is 4.47 Å². The number of rotatable bonds is 3. The summed E-state index contributed by atoms with van der Waals surface area (Å²) in [5, 5.41) is 0. The van der Waals surface area contributed by atoms with Crippen LogP contribution in [0.3, 0.4) is 0 Å². The summed E-state index contributed by atoms with van der Waals surface area (Å²) in [5.41, 5.74) is 1.21. The van der Waals surface area contributed by atoms with E-state index in [1.165, 1.54) is 44.0 Å². The molecule has 0 N–H and O–H groups in total. The predicted molar refractivity (Wildman–Crippen MR) is 68.1 cm³/mol. The normalized spacial score (nSPS) is 17.6. The predicted octanol–water partition coefficient (Wildman–Crippen LogP) is 3.62. The molecule has 1 aliphatic heterocycles. The van der Waals surface area contributed by atoms with Crippen LogP contribution in [0.4, 0.5) is 4.39 Å². The first kappa shape index (κ1) is 12.1. The molecular formula is C13H17BrFN. The number of likely N-dealkylation sites (tertiary alicyclic amines) is 1. The molecule has 0 radical (unpaired) electrons. The fourth-order valence-corrected chi connectivity index (χ4v) is 2.59. The molecular weight excluding hydrogens is 269 g/mol. The summed E-state index contributed by atoms with van der Waals surface area (Å²) in [6.45, 7) is 3.54. The third-order valence-corrected chi connectivity index (χ3v) is 3.76. The third-order valence-electron chi connectivity index (χ3n) is 3.15. The first-order valence-corrected chi connectivity index (χ1v) is 6.71. The van der Waals surface area contributed by atoms with E-state index in [1.54, 1.807) is 0 Å². The van der Waals surface area contributed by atoms with E-state index >= 15 is 0 Å². The quantitative estimate of drug-likeness (QED) is 0.820. The lowest BCUT2D eigenvalue weighted by atomic mass is 10.1. The molecule has 0 spiro atoms. The van der Waals surface area contributed by atoms with E-state index in [1.807, 2.05) is 12.1 Å². The van der Waals surface area contributed by atoms with Gasteiger partial charge in [0, 0.05) is 6.54 Å². The Kier molecular flexibility index (Phi) is 4.36. The van der Waals surface area contributed by atoms with Crippen LogP contribution in [0.5, 0.6) is 0 Å². The summed E-state index contributed by atoms with van der Waals surface area (Å²) in [7, 11) is 0. The Bertz CT molecular complexity index is 348. The highest BCUT2D eigenvalue weighted by molar-refractivity contribution is 9.10. The molecule has 1 aromatic carbocycles. The molecule has 88 valence electrons. The Hall–Kier alpha value is -0.410. The molecule has 1 aliphatic rings. The Balaban J connectivity index is 1.86. The lowest BCUT2D eigenvalue weighted by molar-refractivity contribution is 0.231. The average molecular weight is 286 g/mol. The topological polar surface area (TPSA) is 3.24 Å². The van der Waals surface area contributed by atoms with E-state index in [0.29, 0.717) is 4.47 Å². The summed E-state index contributed by atoms with van der Waals surface area (Å²) in [6.07, 6.45) is 5.04. The SMILES string of the molecule is Fc1ccc(CCN2CCCCC2)cc1Br. The van der Waals surface area contributed by atoms with Gasteiger partial charge in [0.25, 0.3) is 0 Å². The van der Waals surface area contributed by atoms with Crippen LogP contribution in [-0.2, 0) is 6.42 Å². The maximum atomic E-state index is 13.0. The molecule has 0 aliphatic carbocycles. The van der Waals surface area contributed by atoms with Crippen molar-refractivity contribution >= 4 is 15.9 Å². The van der Waals surface area contributed by atoms with Crippen LogP contribution < -0.4 is 0 Å². The van der Waals surface area contributed by atoms with Crippen LogP contribution in [0, 0.1) is 5.82 Å². The molecule has 0 atom stereocenters. The number of nitrogens with zero attached hydrogens (tertiary/aromatic N) is 1. The zero-order chi connectivity index (χ0) is 11.4. The lowest BCUT2D eigenvalue weighted by Gasteiger charge is -2.26. The van der Waals surface area contributed by atoms with Crippen molar-refractivity contribution in [2.45, 2.75) is 25.7 Å². The summed E-state index contributed by atoms with van der Waals surface area (Å²) >= 11 is 3.22. The first-order valence-electron chi connectivity index (χ1n) is 5.92. The van der Waals surface area contributed by atoms with Gasteiger partial charge in [0.15, 0.2) is 0 Å². The van der Waals surface area contributed by atoms with Crippen LogP contribution in [0.15, 0.2) is 22.7 Å². The monoisotopic (exact) mass is 285 g/mol. The van der Waals surface area contributed by atoms with Crippen molar-refractivity contribution in [2.75, 3.05) is 19.6 Å². The molecule has 16 heavy (non-hydrogen) atoms. The molecule has 0 aromatic heterocycles. The zero-order valence-corrected chi connectivity index (χ0v) is 11.0. The number of halogens is 2. The van der Waals surface area contributed by atoms with Crippen molar-refractivity contribution < 1.29 is 4.39 Å². The van der Waals surface area contributed by atoms with Crippen LogP contribution in [-0.4, -0.2) is 24.5 Å². The van der Waals surface area contributed by atoms with E-state index in [2.05, 4.69) is 20.8 Å². The molecule has 3 heteroatoms. The Morgan fingerprint density at radius 1 is 1.19 bits per heavy atom. The van der Waals surface area contributed by atoms with Crippen LogP contribution >= 0.6 is 15.9 Å². The summed E-state index contributed by atoms with van der Waals surface area (Å²) in [5.74, 6) is -0.179. The summed E-state index contributed by atoms with van der Waals surface area (Å²) < 4.78 is 13.6. The molecule has 1 saturated heterocycles. The minimum absolute atomic E-state index is 0.179. The standard InChI is InChI=1S/C13H17BrFN/c14-12-10-11(4-5-13(12)15)6-9-16-7-2-1-3-8-16/h4-5,10H,1-3,6-9H2. The Labute approximate surface area is 105 Å². The molecule has 1 nitrogen and oxygen atoms in total. The second-order valence-corrected chi connectivity index (χ2v) is 5.26. The number of hydrogen-bond acceptors (Lipinski definition) is 1. The highest BCUT2D eigenvalue weighted by Gasteiger charge is 2.09.